The second-order valence-corrected chi connectivity index (χ2v) is 7.39. The fourth-order valence-electron chi connectivity index (χ4n) is 3.87. The highest BCUT2D eigenvalue weighted by atomic mass is 127. The van der Waals surface area contributed by atoms with Gasteiger partial charge in [-0.25, -0.2) is 13.8 Å². The predicted molar refractivity (Wildman–Crippen MR) is 122 cm³/mol. The van der Waals surface area contributed by atoms with Crippen LogP contribution in [0.15, 0.2) is 47.6 Å². The minimum absolute atomic E-state index is 0. The van der Waals surface area contributed by atoms with Crippen LogP contribution in [0.5, 0.6) is 0 Å². The van der Waals surface area contributed by atoms with Crippen LogP contribution in [0.25, 0.3) is 0 Å². The lowest BCUT2D eigenvalue weighted by atomic mass is 10.1. The number of benzene rings is 1. The van der Waals surface area contributed by atoms with Gasteiger partial charge in [-0.3, -0.25) is 4.99 Å². The van der Waals surface area contributed by atoms with Crippen LogP contribution in [0.2, 0.25) is 0 Å². The molecule has 0 radical (unpaired) electrons. The van der Waals surface area contributed by atoms with Gasteiger partial charge < -0.3 is 15.5 Å². The number of pyridine rings is 1. The molecule has 1 aromatic carbocycles. The van der Waals surface area contributed by atoms with E-state index in [9.17, 15) is 8.78 Å². The van der Waals surface area contributed by atoms with Crippen molar-refractivity contribution in [3.05, 3.63) is 59.8 Å². The normalized spacial score (nSPS) is 22.0. The van der Waals surface area contributed by atoms with Gasteiger partial charge in [0.15, 0.2) is 5.96 Å². The van der Waals surface area contributed by atoms with Crippen molar-refractivity contribution in [2.45, 2.75) is 37.3 Å². The number of anilines is 1. The Morgan fingerprint density at radius 2 is 1.79 bits per heavy atom. The highest BCUT2D eigenvalue weighted by molar-refractivity contribution is 14.0. The number of guanidine groups is 1. The molecule has 1 aliphatic heterocycles. The Labute approximate surface area is 187 Å². The van der Waals surface area contributed by atoms with Crippen LogP contribution in [-0.4, -0.2) is 43.2 Å². The lowest BCUT2D eigenvalue weighted by Gasteiger charge is -2.33. The molecule has 1 aromatic heterocycles. The smallest absolute Gasteiger partial charge is 0.191 e. The van der Waals surface area contributed by atoms with Gasteiger partial charge in [-0.2, -0.15) is 0 Å². The standard InChI is InChI=1S/C21H25F2N5.HI/c1-24-21(27-18-13-15(18)20-16(22)5-4-6-17(20)23)26-14-8-11-28(12-9-14)19-7-2-3-10-25-19;/h2-7,10,14-15,18H,8-9,11-13H2,1H3,(H2,24,26,27);1H. The number of hydrogen-bond donors (Lipinski definition) is 2. The monoisotopic (exact) mass is 513 g/mol. The zero-order valence-electron chi connectivity index (χ0n) is 16.3. The van der Waals surface area contributed by atoms with E-state index in [0.29, 0.717) is 18.4 Å². The fourth-order valence-corrected chi connectivity index (χ4v) is 3.87. The summed E-state index contributed by atoms with van der Waals surface area (Å²) in [4.78, 5) is 11.0. The lowest BCUT2D eigenvalue weighted by molar-refractivity contribution is 0.459. The summed E-state index contributed by atoms with van der Waals surface area (Å²) in [6, 6.07) is 10.3. The van der Waals surface area contributed by atoms with Gasteiger partial charge in [0.2, 0.25) is 0 Å². The Kier molecular flexibility index (Phi) is 7.26. The molecule has 1 saturated heterocycles. The van der Waals surface area contributed by atoms with E-state index in [-0.39, 0.29) is 41.5 Å². The maximum Gasteiger partial charge on any atom is 0.191 e. The third kappa shape index (κ3) is 5.15. The molecule has 0 bridgehead atoms. The van der Waals surface area contributed by atoms with E-state index in [4.69, 9.17) is 0 Å². The van der Waals surface area contributed by atoms with Crippen LogP contribution in [0.1, 0.15) is 30.7 Å². The van der Waals surface area contributed by atoms with Gasteiger partial charge >= 0.3 is 0 Å². The van der Waals surface area contributed by atoms with E-state index in [1.165, 1.54) is 18.2 Å². The molecule has 1 aliphatic carbocycles. The molecule has 8 heteroatoms. The number of nitrogens with zero attached hydrogens (tertiary/aromatic N) is 3. The summed E-state index contributed by atoms with van der Waals surface area (Å²) in [5, 5.41) is 6.77. The van der Waals surface area contributed by atoms with Gasteiger partial charge in [-0.05, 0) is 43.5 Å². The van der Waals surface area contributed by atoms with E-state index in [0.717, 1.165) is 31.7 Å². The van der Waals surface area contributed by atoms with Crippen LogP contribution in [0.3, 0.4) is 0 Å². The molecule has 2 aromatic rings. The SMILES string of the molecule is CN=C(NC1CCN(c2ccccn2)CC1)NC1CC1c1c(F)cccc1F.I. The Bertz CT molecular complexity index is 820. The van der Waals surface area contributed by atoms with E-state index >= 15 is 0 Å². The van der Waals surface area contributed by atoms with Crippen LogP contribution < -0.4 is 15.5 Å². The van der Waals surface area contributed by atoms with Gasteiger partial charge in [-0.15, -0.1) is 24.0 Å². The number of nitrogens with one attached hydrogen (secondary N) is 2. The Morgan fingerprint density at radius 1 is 1.07 bits per heavy atom. The molecule has 0 amide bonds. The van der Waals surface area contributed by atoms with Crippen molar-refractivity contribution >= 4 is 35.8 Å². The summed E-state index contributed by atoms with van der Waals surface area (Å²) in [7, 11) is 1.72. The zero-order chi connectivity index (χ0) is 19.5. The number of aromatic nitrogens is 1. The average Bonchev–Trinajstić information content (AvgIpc) is 3.47. The molecule has 2 aliphatic rings. The molecule has 0 spiro atoms. The maximum absolute atomic E-state index is 14.0. The van der Waals surface area contributed by atoms with E-state index < -0.39 is 11.6 Å². The minimum Gasteiger partial charge on any atom is -0.356 e. The van der Waals surface area contributed by atoms with Gasteiger partial charge in [0.1, 0.15) is 17.5 Å². The summed E-state index contributed by atoms with van der Waals surface area (Å²) < 4.78 is 27.9. The van der Waals surface area contributed by atoms with Crippen molar-refractivity contribution in [2.24, 2.45) is 4.99 Å². The molecule has 1 saturated carbocycles. The summed E-state index contributed by atoms with van der Waals surface area (Å²) in [5.41, 5.74) is 0.180. The van der Waals surface area contributed by atoms with Crippen LogP contribution in [0.4, 0.5) is 14.6 Å². The highest BCUT2D eigenvalue weighted by Crippen LogP contribution is 2.43. The lowest BCUT2D eigenvalue weighted by Crippen LogP contribution is -2.49. The number of hydrogen-bond acceptors (Lipinski definition) is 3. The third-order valence-electron chi connectivity index (χ3n) is 5.52. The van der Waals surface area contributed by atoms with Crippen LogP contribution in [0, 0.1) is 11.6 Å². The van der Waals surface area contributed by atoms with E-state index in [2.05, 4.69) is 25.5 Å². The minimum atomic E-state index is -0.473. The Balaban J connectivity index is 0.00000240. The zero-order valence-corrected chi connectivity index (χ0v) is 18.6. The largest absolute Gasteiger partial charge is 0.356 e. The first-order valence-electron chi connectivity index (χ1n) is 9.75. The summed E-state index contributed by atoms with van der Waals surface area (Å²) >= 11 is 0. The molecule has 2 N–H and O–H groups in total. The molecule has 156 valence electrons. The molecule has 2 heterocycles. The number of aliphatic imine (C=N–C) groups is 1. The quantitative estimate of drug-likeness (QED) is 0.373. The van der Waals surface area contributed by atoms with Crippen molar-refractivity contribution in [1.82, 2.24) is 15.6 Å². The Morgan fingerprint density at radius 3 is 2.41 bits per heavy atom. The van der Waals surface area contributed by atoms with Crippen molar-refractivity contribution in [2.75, 3.05) is 25.0 Å². The topological polar surface area (TPSA) is 52.6 Å². The molecule has 2 atom stereocenters. The van der Waals surface area contributed by atoms with Crippen LogP contribution >= 0.6 is 24.0 Å². The highest BCUT2D eigenvalue weighted by Gasteiger charge is 2.42. The molecule has 5 nitrogen and oxygen atoms in total. The summed E-state index contributed by atoms with van der Waals surface area (Å²) in [5.74, 6) is 0.612. The molecule has 4 rings (SSSR count). The van der Waals surface area contributed by atoms with Crippen LogP contribution in [-0.2, 0) is 0 Å². The maximum atomic E-state index is 14.0. The predicted octanol–water partition coefficient (Wildman–Crippen LogP) is 3.67. The van der Waals surface area contributed by atoms with Crippen molar-refractivity contribution in [3.8, 4) is 0 Å². The molecular formula is C21H26F2IN5. The first-order valence-corrected chi connectivity index (χ1v) is 9.75. The Hall–Kier alpha value is -1.97. The first-order chi connectivity index (χ1) is 13.7. The van der Waals surface area contributed by atoms with Gasteiger partial charge in [-0.1, -0.05) is 12.1 Å². The number of halogens is 3. The third-order valence-corrected chi connectivity index (χ3v) is 5.52. The molecular weight excluding hydrogens is 487 g/mol. The molecule has 29 heavy (non-hydrogen) atoms. The number of rotatable bonds is 4. The van der Waals surface area contributed by atoms with Gasteiger partial charge in [0.05, 0.1) is 0 Å². The summed E-state index contributed by atoms with van der Waals surface area (Å²) in [6.07, 6.45) is 4.48. The van der Waals surface area contributed by atoms with Crippen molar-refractivity contribution in [1.29, 1.82) is 0 Å². The van der Waals surface area contributed by atoms with Gasteiger partial charge in [0.25, 0.3) is 0 Å². The fraction of sp³-hybridized carbons (Fsp3) is 0.429. The van der Waals surface area contributed by atoms with E-state index in [1.807, 2.05) is 24.4 Å². The van der Waals surface area contributed by atoms with Crippen molar-refractivity contribution < 1.29 is 8.78 Å². The molecule has 2 fully saturated rings. The first kappa shape index (κ1) is 21.7. The van der Waals surface area contributed by atoms with Gasteiger partial charge in [0, 0.05) is 49.9 Å². The summed E-state index contributed by atoms with van der Waals surface area (Å²) in [6.45, 7) is 1.86. The van der Waals surface area contributed by atoms with Crippen molar-refractivity contribution in [3.63, 3.8) is 0 Å². The average molecular weight is 513 g/mol. The second kappa shape index (κ2) is 9.69. The number of piperidine rings is 1. The second-order valence-electron chi connectivity index (χ2n) is 7.39. The molecule has 2 unspecified atom stereocenters. The van der Waals surface area contributed by atoms with E-state index in [1.54, 1.807) is 7.05 Å².